The van der Waals surface area contributed by atoms with Gasteiger partial charge in [0.1, 0.15) is 6.04 Å². The fourth-order valence-corrected chi connectivity index (χ4v) is 1.50. The zero-order valence-corrected chi connectivity index (χ0v) is 7.54. The monoisotopic (exact) mass is 186 g/mol. The van der Waals surface area contributed by atoms with Gasteiger partial charge in [0.25, 0.3) is 0 Å². The van der Waals surface area contributed by atoms with Crippen LogP contribution in [0.3, 0.4) is 0 Å². The maximum absolute atomic E-state index is 11.1. The van der Waals surface area contributed by atoms with Crippen LogP contribution in [0.5, 0.6) is 0 Å². The van der Waals surface area contributed by atoms with Gasteiger partial charge in [-0.25, -0.2) is 0 Å². The van der Waals surface area contributed by atoms with Crippen molar-refractivity contribution in [3.63, 3.8) is 0 Å². The summed E-state index contributed by atoms with van der Waals surface area (Å²) in [5.41, 5.74) is 0. The maximum Gasteiger partial charge on any atom is 0.320 e. The number of aliphatic carboxylic acids is 1. The number of likely N-dealkylation sites (N-methyl/N-ethyl adjacent to an activating group) is 1. The first-order chi connectivity index (χ1) is 6.15. The van der Waals surface area contributed by atoms with E-state index in [1.54, 1.807) is 7.05 Å². The van der Waals surface area contributed by atoms with Crippen LogP contribution < -0.4 is 10.6 Å². The number of carbonyl (C=O) groups is 2. The third-order valence-corrected chi connectivity index (χ3v) is 2.33. The van der Waals surface area contributed by atoms with Crippen LogP contribution in [0.4, 0.5) is 0 Å². The van der Waals surface area contributed by atoms with Crippen LogP contribution in [0.25, 0.3) is 0 Å². The predicted molar refractivity (Wildman–Crippen MR) is 46.2 cm³/mol. The molecule has 0 aromatic carbocycles. The van der Waals surface area contributed by atoms with Crippen molar-refractivity contribution < 1.29 is 14.7 Å². The second-order valence-corrected chi connectivity index (χ2v) is 3.19. The van der Waals surface area contributed by atoms with Gasteiger partial charge in [0.05, 0.1) is 0 Å². The van der Waals surface area contributed by atoms with E-state index in [4.69, 9.17) is 5.11 Å². The highest BCUT2D eigenvalue weighted by Crippen LogP contribution is 2.15. The fraction of sp³-hybridized carbons (Fsp3) is 0.750. The summed E-state index contributed by atoms with van der Waals surface area (Å²) < 4.78 is 0. The molecule has 0 spiro atoms. The molecule has 3 N–H and O–H groups in total. The van der Waals surface area contributed by atoms with Crippen molar-refractivity contribution in [2.24, 2.45) is 5.92 Å². The Hall–Kier alpha value is -1.10. The molecule has 1 heterocycles. The van der Waals surface area contributed by atoms with Gasteiger partial charge in [0.15, 0.2) is 0 Å². The molecule has 5 heteroatoms. The number of hydrogen-bond donors (Lipinski definition) is 3. The average molecular weight is 186 g/mol. The summed E-state index contributed by atoms with van der Waals surface area (Å²) in [4.78, 5) is 21.7. The Labute approximate surface area is 76.5 Å². The molecule has 1 aliphatic rings. The van der Waals surface area contributed by atoms with Crippen LogP contribution >= 0.6 is 0 Å². The van der Waals surface area contributed by atoms with Crippen LogP contribution in [-0.4, -0.2) is 36.6 Å². The topological polar surface area (TPSA) is 78.4 Å². The molecule has 1 fully saturated rings. The number of carboxylic acids is 1. The molecule has 0 saturated carbocycles. The molecule has 0 aromatic heterocycles. The lowest BCUT2D eigenvalue weighted by Crippen LogP contribution is -2.37. The summed E-state index contributed by atoms with van der Waals surface area (Å²) in [5.74, 6) is -1.07. The second-order valence-electron chi connectivity index (χ2n) is 3.19. The Morgan fingerprint density at radius 3 is 2.92 bits per heavy atom. The van der Waals surface area contributed by atoms with Crippen LogP contribution in [0.2, 0.25) is 0 Å². The first-order valence-corrected chi connectivity index (χ1v) is 4.33. The number of carbonyl (C=O) groups excluding carboxylic acids is 1. The van der Waals surface area contributed by atoms with Gasteiger partial charge < -0.3 is 15.7 Å². The van der Waals surface area contributed by atoms with E-state index in [0.717, 1.165) is 6.42 Å². The lowest BCUT2D eigenvalue weighted by atomic mass is 9.99. The lowest BCUT2D eigenvalue weighted by molar-refractivity contribution is -0.140. The Morgan fingerprint density at radius 1 is 1.85 bits per heavy atom. The predicted octanol–water partition coefficient (Wildman–Crippen LogP) is -0.815. The zero-order chi connectivity index (χ0) is 9.84. The number of nitrogens with one attached hydrogen (secondary N) is 2. The van der Waals surface area contributed by atoms with Crippen molar-refractivity contribution in [3.8, 4) is 0 Å². The van der Waals surface area contributed by atoms with E-state index < -0.39 is 12.0 Å². The fourth-order valence-electron chi connectivity index (χ4n) is 1.50. The highest BCUT2D eigenvalue weighted by atomic mass is 16.4. The normalized spacial score (nSPS) is 24.1. The maximum atomic E-state index is 11.1. The zero-order valence-electron chi connectivity index (χ0n) is 7.54. The van der Waals surface area contributed by atoms with E-state index in [0.29, 0.717) is 13.0 Å². The van der Waals surface area contributed by atoms with Gasteiger partial charge in [-0.3, -0.25) is 9.59 Å². The minimum atomic E-state index is -0.901. The lowest BCUT2D eigenvalue weighted by Gasteiger charge is -2.13. The highest BCUT2D eigenvalue weighted by Gasteiger charge is 2.29. The second kappa shape index (κ2) is 4.23. The Kier molecular flexibility index (Phi) is 3.25. The number of carboxylic acid groups (broad SMARTS) is 1. The first-order valence-electron chi connectivity index (χ1n) is 4.33. The highest BCUT2D eigenvalue weighted by molar-refractivity contribution is 5.82. The summed E-state index contributed by atoms with van der Waals surface area (Å²) in [6.07, 6.45) is 1.11. The third kappa shape index (κ3) is 2.42. The Balaban J connectivity index is 2.45. The molecule has 74 valence electrons. The summed E-state index contributed by atoms with van der Waals surface area (Å²) in [6.45, 7) is 0.666. The van der Waals surface area contributed by atoms with Crippen LogP contribution in [0.1, 0.15) is 12.8 Å². The van der Waals surface area contributed by atoms with Gasteiger partial charge in [-0.15, -0.1) is 0 Å². The van der Waals surface area contributed by atoms with E-state index in [1.165, 1.54) is 0 Å². The van der Waals surface area contributed by atoms with Crippen molar-refractivity contribution in [2.45, 2.75) is 18.9 Å². The van der Waals surface area contributed by atoms with E-state index in [-0.39, 0.29) is 11.8 Å². The van der Waals surface area contributed by atoms with E-state index in [9.17, 15) is 9.59 Å². The number of amides is 1. The first kappa shape index (κ1) is 9.98. The molecule has 0 aliphatic carbocycles. The molecule has 1 rings (SSSR count). The minimum Gasteiger partial charge on any atom is -0.480 e. The molecule has 2 atom stereocenters. The van der Waals surface area contributed by atoms with Crippen molar-refractivity contribution in [3.05, 3.63) is 0 Å². The van der Waals surface area contributed by atoms with Gasteiger partial charge in [-0.2, -0.15) is 0 Å². The molecular formula is C8H14N2O3. The van der Waals surface area contributed by atoms with Crippen LogP contribution in [0, 0.1) is 5.92 Å². The van der Waals surface area contributed by atoms with Crippen molar-refractivity contribution in [1.82, 2.24) is 10.6 Å². The van der Waals surface area contributed by atoms with Gasteiger partial charge in [0, 0.05) is 12.5 Å². The molecule has 13 heavy (non-hydrogen) atoms. The van der Waals surface area contributed by atoms with Gasteiger partial charge in [-0.05, 0) is 19.9 Å². The molecule has 0 radical (unpaired) electrons. The van der Waals surface area contributed by atoms with E-state index >= 15 is 0 Å². The van der Waals surface area contributed by atoms with Crippen molar-refractivity contribution in [2.75, 3.05) is 13.6 Å². The molecular weight excluding hydrogens is 172 g/mol. The van der Waals surface area contributed by atoms with E-state index in [1.807, 2.05) is 0 Å². The van der Waals surface area contributed by atoms with Crippen molar-refractivity contribution >= 4 is 11.9 Å². The quantitative estimate of drug-likeness (QED) is 0.536. The van der Waals surface area contributed by atoms with E-state index in [2.05, 4.69) is 10.6 Å². The molecule has 0 bridgehead atoms. The van der Waals surface area contributed by atoms with Gasteiger partial charge in [0.2, 0.25) is 5.91 Å². The largest absolute Gasteiger partial charge is 0.480 e. The number of rotatable bonds is 4. The molecule has 0 aromatic rings. The standard InChI is InChI=1S/C8H14N2O3/c1-9-6(8(12)13)4-5-2-3-10-7(5)11/h5-6,9H,2-4H2,1H3,(H,10,11)(H,12,13)/t5-,6?/m0/s1. The average Bonchev–Trinajstić information content (AvgIpc) is 2.46. The number of hydrogen-bond acceptors (Lipinski definition) is 3. The molecule has 1 aliphatic heterocycles. The minimum absolute atomic E-state index is 0.0264. The molecule has 1 unspecified atom stereocenters. The van der Waals surface area contributed by atoms with Gasteiger partial charge >= 0.3 is 5.97 Å². The molecule has 1 saturated heterocycles. The molecule has 1 amide bonds. The summed E-state index contributed by atoms with van der Waals surface area (Å²) >= 11 is 0. The summed E-state index contributed by atoms with van der Waals surface area (Å²) in [5, 5.41) is 14.1. The van der Waals surface area contributed by atoms with Crippen LogP contribution in [0.15, 0.2) is 0 Å². The SMILES string of the molecule is CNC(C[C@@H]1CCNC1=O)C(=O)O. The smallest absolute Gasteiger partial charge is 0.320 e. The summed E-state index contributed by atoms with van der Waals surface area (Å²) in [6, 6.07) is -0.617. The Bertz CT molecular complexity index is 217. The van der Waals surface area contributed by atoms with Crippen molar-refractivity contribution in [1.29, 1.82) is 0 Å². The Morgan fingerprint density at radius 2 is 2.54 bits per heavy atom. The van der Waals surface area contributed by atoms with Crippen LogP contribution in [-0.2, 0) is 9.59 Å². The summed E-state index contributed by atoms with van der Waals surface area (Å²) in [7, 11) is 1.59. The van der Waals surface area contributed by atoms with Gasteiger partial charge in [-0.1, -0.05) is 0 Å². The third-order valence-electron chi connectivity index (χ3n) is 2.33. The molecule has 5 nitrogen and oxygen atoms in total.